The maximum Gasteiger partial charge on any atom is 0.343 e. The van der Waals surface area contributed by atoms with Gasteiger partial charge in [-0.3, -0.25) is 9.59 Å². The van der Waals surface area contributed by atoms with E-state index >= 15 is 0 Å². The zero-order valence-electron chi connectivity index (χ0n) is 21.7. The Labute approximate surface area is 221 Å². The second-order valence-electron chi connectivity index (χ2n) is 10.7. The molecule has 2 aliphatic heterocycles. The minimum Gasteiger partial charge on any atom is -0.458 e. The lowest BCUT2D eigenvalue weighted by molar-refractivity contribution is -0.172. The molecule has 6 rings (SSSR count). The maximum atomic E-state index is 15.0. The van der Waals surface area contributed by atoms with E-state index in [0.29, 0.717) is 51.8 Å². The number of carbonyl (C=O) groups is 2. The van der Waals surface area contributed by atoms with E-state index in [4.69, 9.17) is 9.72 Å². The van der Waals surface area contributed by atoms with Gasteiger partial charge in [0.15, 0.2) is 5.60 Å². The van der Waals surface area contributed by atoms with E-state index in [1.54, 1.807) is 19.9 Å². The number of pyridine rings is 2. The van der Waals surface area contributed by atoms with Crippen molar-refractivity contribution in [2.24, 2.45) is 0 Å². The van der Waals surface area contributed by atoms with Crippen LogP contribution in [0.3, 0.4) is 0 Å². The number of fused-ring (bicyclic) bond motifs is 5. The largest absolute Gasteiger partial charge is 0.458 e. The quantitative estimate of drug-likeness (QED) is 0.340. The summed E-state index contributed by atoms with van der Waals surface area (Å²) in [6, 6.07) is 2.17. The third kappa shape index (κ3) is 3.42. The first kappa shape index (κ1) is 25.6. The first-order valence-electron chi connectivity index (χ1n) is 12.8. The van der Waals surface area contributed by atoms with Gasteiger partial charge in [0.05, 0.1) is 41.7 Å². The number of cyclic esters (lactones) is 1. The Hall–Kier alpha value is -3.70. The number of aromatic nitrogens is 2. The minimum atomic E-state index is -2.51. The number of aliphatic hydroxyl groups is 2. The molecule has 1 unspecified atom stereocenters. The molecular formula is C28H27F2N3O6. The highest BCUT2D eigenvalue weighted by Gasteiger charge is 2.46. The molecular weight excluding hydrogens is 512 g/mol. The van der Waals surface area contributed by atoms with Crippen LogP contribution in [-0.4, -0.2) is 43.9 Å². The molecule has 0 saturated heterocycles. The van der Waals surface area contributed by atoms with E-state index in [0.717, 1.165) is 12.5 Å². The number of hydrogen-bond donors (Lipinski definition) is 3. The number of amides is 1. The van der Waals surface area contributed by atoms with Crippen LogP contribution in [0.1, 0.15) is 66.1 Å². The van der Waals surface area contributed by atoms with Gasteiger partial charge in [0.1, 0.15) is 12.4 Å². The lowest BCUT2D eigenvalue weighted by Gasteiger charge is -2.31. The van der Waals surface area contributed by atoms with Crippen molar-refractivity contribution in [3.05, 3.63) is 61.7 Å². The van der Waals surface area contributed by atoms with Crippen LogP contribution in [0.15, 0.2) is 16.9 Å². The van der Waals surface area contributed by atoms with E-state index in [2.05, 4.69) is 5.32 Å². The lowest BCUT2D eigenvalue weighted by atomic mass is 9.81. The summed E-state index contributed by atoms with van der Waals surface area (Å²) in [7, 11) is 0. The highest BCUT2D eigenvalue weighted by Crippen LogP contribution is 2.46. The van der Waals surface area contributed by atoms with Crippen molar-refractivity contribution in [2.75, 3.05) is 6.61 Å². The molecule has 39 heavy (non-hydrogen) atoms. The van der Waals surface area contributed by atoms with Gasteiger partial charge in [0.2, 0.25) is 5.67 Å². The van der Waals surface area contributed by atoms with Gasteiger partial charge in [-0.2, -0.15) is 0 Å². The fourth-order valence-corrected chi connectivity index (χ4v) is 6.08. The fourth-order valence-electron chi connectivity index (χ4n) is 6.08. The normalized spacial score (nSPS) is 22.5. The summed E-state index contributed by atoms with van der Waals surface area (Å²) in [4.78, 5) is 43.6. The summed E-state index contributed by atoms with van der Waals surface area (Å²) in [6.07, 6.45) is 0.736. The monoisotopic (exact) mass is 539 g/mol. The predicted octanol–water partition coefficient (Wildman–Crippen LogP) is 2.35. The summed E-state index contributed by atoms with van der Waals surface area (Å²) in [5, 5.41) is 23.9. The van der Waals surface area contributed by atoms with Crippen LogP contribution in [0.25, 0.3) is 22.3 Å². The smallest absolute Gasteiger partial charge is 0.343 e. The number of nitrogens with one attached hydrogen (secondary N) is 1. The Morgan fingerprint density at radius 3 is 2.74 bits per heavy atom. The van der Waals surface area contributed by atoms with E-state index in [1.807, 2.05) is 0 Å². The summed E-state index contributed by atoms with van der Waals surface area (Å²) in [5.41, 5.74) is -1.23. The topological polar surface area (TPSA) is 131 Å². The van der Waals surface area contributed by atoms with Gasteiger partial charge in [-0.1, -0.05) is 6.92 Å². The summed E-state index contributed by atoms with van der Waals surface area (Å²) >= 11 is 0. The molecule has 11 heteroatoms. The molecule has 0 radical (unpaired) electrons. The number of ether oxygens (including phenoxy) is 1. The molecule has 0 saturated carbocycles. The molecule has 1 amide bonds. The number of halogens is 2. The average Bonchev–Trinajstić information content (AvgIpc) is 3.28. The molecule has 3 atom stereocenters. The van der Waals surface area contributed by atoms with Crippen molar-refractivity contribution in [3.63, 3.8) is 0 Å². The molecule has 0 spiro atoms. The van der Waals surface area contributed by atoms with Crippen LogP contribution >= 0.6 is 0 Å². The Morgan fingerprint density at radius 2 is 2.05 bits per heavy atom. The Bertz CT molecular complexity index is 1680. The Kier molecular flexibility index (Phi) is 5.51. The van der Waals surface area contributed by atoms with Gasteiger partial charge in [-0.05, 0) is 55.9 Å². The summed E-state index contributed by atoms with van der Waals surface area (Å²) < 4.78 is 36.2. The van der Waals surface area contributed by atoms with Gasteiger partial charge < -0.3 is 24.8 Å². The third-order valence-corrected chi connectivity index (χ3v) is 8.45. The number of aliphatic hydroxyl groups excluding tert-OH is 1. The van der Waals surface area contributed by atoms with Gasteiger partial charge in [0, 0.05) is 22.6 Å². The van der Waals surface area contributed by atoms with E-state index in [-0.39, 0.29) is 30.7 Å². The third-order valence-electron chi connectivity index (χ3n) is 8.45. The van der Waals surface area contributed by atoms with E-state index < -0.39 is 47.2 Å². The van der Waals surface area contributed by atoms with Gasteiger partial charge in [-0.25, -0.2) is 18.6 Å². The van der Waals surface area contributed by atoms with Crippen molar-refractivity contribution in [1.82, 2.24) is 14.9 Å². The second-order valence-corrected chi connectivity index (χ2v) is 10.7. The van der Waals surface area contributed by atoms with Gasteiger partial charge in [0.25, 0.3) is 11.5 Å². The van der Waals surface area contributed by atoms with Crippen LogP contribution in [0.5, 0.6) is 0 Å². The molecule has 0 bridgehead atoms. The predicted molar refractivity (Wildman–Crippen MR) is 135 cm³/mol. The lowest BCUT2D eigenvalue weighted by Crippen LogP contribution is -2.46. The molecule has 3 aliphatic rings. The first-order valence-corrected chi connectivity index (χ1v) is 12.8. The average molecular weight is 540 g/mol. The van der Waals surface area contributed by atoms with Crippen LogP contribution in [0, 0.1) is 12.7 Å². The van der Waals surface area contributed by atoms with Gasteiger partial charge >= 0.3 is 5.97 Å². The second kappa shape index (κ2) is 8.40. The van der Waals surface area contributed by atoms with Crippen LogP contribution in [0.4, 0.5) is 8.78 Å². The fraction of sp³-hybridized carbons (Fsp3) is 0.429. The van der Waals surface area contributed by atoms with Crippen LogP contribution in [0.2, 0.25) is 0 Å². The van der Waals surface area contributed by atoms with Crippen molar-refractivity contribution in [1.29, 1.82) is 0 Å². The van der Waals surface area contributed by atoms with Crippen LogP contribution < -0.4 is 10.9 Å². The molecule has 204 valence electrons. The molecule has 3 aromatic rings. The zero-order chi connectivity index (χ0) is 28.0. The maximum absolute atomic E-state index is 15.0. The number of aryl methyl sites for hydroxylation is 1. The minimum absolute atomic E-state index is 0.0141. The van der Waals surface area contributed by atoms with Crippen molar-refractivity contribution in [3.8, 4) is 11.4 Å². The SMILES string of the molecule is CC[C@@]1(O)C(=O)OCc2c1cc1n(c2=O)Cc2c-1nc1cc(F)c(C)c3c1c2[C@@H](NC(=O)C(C)(F)CO)CC3. The number of benzene rings is 1. The molecule has 2 aromatic heterocycles. The number of carbonyl (C=O) groups excluding carboxylic acids is 2. The number of nitrogens with zero attached hydrogens (tertiary/aromatic N) is 2. The number of hydrogen-bond acceptors (Lipinski definition) is 7. The van der Waals surface area contributed by atoms with Crippen LogP contribution in [-0.2, 0) is 39.5 Å². The van der Waals surface area contributed by atoms with Crippen molar-refractivity contribution < 1.29 is 33.3 Å². The number of alkyl halides is 1. The molecule has 1 aliphatic carbocycles. The van der Waals surface area contributed by atoms with Crippen molar-refractivity contribution in [2.45, 2.75) is 70.5 Å². The molecule has 0 fully saturated rings. The molecule has 1 aromatic carbocycles. The Balaban J connectivity index is 1.62. The highest BCUT2D eigenvalue weighted by atomic mass is 19.1. The zero-order valence-corrected chi connectivity index (χ0v) is 21.7. The Morgan fingerprint density at radius 1 is 1.31 bits per heavy atom. The van der Waals surface area contributed by atoms with Gasteiger partial charge in [-0.15, -0.1) is 0 Å². The molecule has 4 heterocycles. The van der Waals surface area contributed by atoms with E-state index in [9.17, 15) is 33.4 Å². The van der Waals surface area contributed by atoms with Crippen molar-refractivity contribution >= 4 is 22.8 Å². The highest BCUT2D eigenvalue weighted by molar-refractivity contribution is 5.94. The first-order chi connectivity index (χ1) is 18.4. The number of rotatable bonds is 4. The molecule has 3 N–H and O–H groups in total. The standard InChI is InChI=1S/C28H27F2N3O6/c1-4-28(38)16-7-20-23-14(9-33(20)24(35)15(16)10-39-26(28)37)22-18(32-25(36)27(3,30)11-34)6-5-13-12(2)17(29)8-19(31-23)21(13)22/h7-8,18,34,38H,4-6,9-11H2,1-3H3,(H,32,36)/t18-,27?,28-/m0/s1. The summed E-state index contributed by atoms with van der Waals surface area (Å²) in [6.45, 7) is 3.06. The van der Waals surface area contributed by atoms with E-state index in [1.165, 1.54) is 10.6 Å². The molecule has 9 nitrogen and oxygen atoms in total. The number of esters is 1. The summed E-state index contributed by atoms with van der Waals surface area (Å²) in [5.74, 6) is -2.27.